The molecular formula is C48H49F3N4O8. The first kappa shape index (κ1) is 43.3. The zero-order chi connectivity index (χ0) is 44.6. The molecule has 330 valence electrons. The van der Waals surface area contributed by atoms with E-state index in [2.05, 4.69) is 15.3 Å². The summed E-state index contributed by atoms with van der Waals surface area (Å²) in [4.78, 5) is 51.1. The van der Waals surface area contributed by atoms with Gasteiger partial charge in [-0.25, -0.2) is 9.78 Å². The summed E-state index contributed by atoms with van der Waals surface area (Å²) < 4.78 is 63.4. The third-order valence-electron chi connectivity index (χ3n) is 12.5. The molecule has 0 radical (unpaired) electrons. The Kier molecular flexibility index (Phi) is 12.2. The number of aryl methyl sites for hydroxylation is 3. The predicted molar refractivity (Wildman–Crippen MR) is 225 cm³/mol. The number of hydrogen-bond donors (Lipinski definition) is 2. The van der Waals surface area contributed by atoms with Crippen LogP contribution in [0, 0.1) is 39.5 Å². The average Bonchev–Trinajstić information content (AvgIpc) is 3.61. The summed E-state index contributed by atoms with van der Waals surface area (Å²) in [6.07, 6.45) is -1.57. The zero-order valence-electron chi connectivity index (χ0n) is 35.5. The number of nitrogens with one attached hydrogen (secondary N) is 1. The van der Waals surface area contributed by atoms with E-state index in [9.17, 15) is 32.7 Å². The lowest BCUT2D eigenvalue weighted by atomic mass is 9.82. The number of carbonyl (C=O) groups is 3. The highest BCUT2D eigenvalue weighted by molar-refractivity contribution is 5.98. The number of benzene rings is 3. The van der Waals surface area contributed by atoms with Gasteiger partial charge in [-0.15, -0.1) is 0 Å². The number of aromatic nitrogens is 2. The third kappa shape index (κ3) is 9.52. The van der Waals surface area contributed by atoms with Gasteiger partial charge in [0.15, 0.2) is 29.2 Å². The molecule has 12 nitrogen and oxygen atoms in total. The molecule has 2 N–H and O–H groups in total. The van der Waals surface area contributed by atoms with Crippen LogP contribution in [0.2, 0.25) is 0 Å². The van der Waals surface area contributed by atoms with Gasteiger partial charge in [0.05, 0.1) is 12.5 Å². The fraction of sp³-hybridized carbons (Fsp3) is 0.396. The first-order valence-electron chi connectivity index (χ1n) is 21.2. The Bertz CT molecular complexity index is 2500. The summed E-state index contributed by atoms with van der Waals surface area (Å²) in [7, 11) is 0. The number of oxazole rings is 1. The van der Waals surface area contributed by atoms with Gasteiger partial charge >= 0.3 is 12.1 Å². The van der Waals surface area contributed by atoms with Crippen molar-refractivity contribution in [1.82, 2.24) is 20.2 Å². The van der Waals surface area contributed by atoms with Crippen molar-refractivity contribution in [2.24, 2.45) is 11.8 Å². The van der Waals surface area contributed by atoms with Crippen molar-refractivity contribution in [3.05, 3.63) is 124 Å². The van der Waals surface area contributed by atoms with Crippen molar-refractivity contribution in [2.75, 3.05) is 13.2 Å². The van der Waals surface area contributed by atoms with Gasteiger partial charge in [-0.1, -0.05) is 36.4 Å². The van der Waals surface area contributed by atoms with Gasteiger partial charge in [0.2, 0.25) is 5.91 Å². The highest BCUT2D eigenvalue weighted by atomic mass is 19.4. The molecule has 3 atom stereocenters. The maximum absolute atomic E-state index is 14.2. The molecule has 3 aliphatic rings. The highest BCUT2D eigenvalue weighted by Gasteiger charge is 2.42. The number of halogens is 3. The lowest BCUT2D eigenvalue weighted by molar-refractivity contribution is -0.184. The Morgan fingerprint density at radius 3 is 2.32 bits per heavy atom. The van der Waals surface area contributed by atoms with Gasteiger partial charge in [0.25, 0.3) is 5.91 Å². The molecule has 0 bridgehead atoms. The number of amides is 2. The van der Waals surface area contributed by atoms with E-state index in [-0.39, 0.29) is 56.3 Å². The van der Waals surface area contributed by atoms with Crippen LogP contribution in [-0.2, 0) is 29.0 Å². The summed E-state index contributed by atoms with van der Waals surface area (Å²) in [5.74, 6) is -1.43. The molecule has 0 saturated heterocycles. The van der Waals surface area contributed by atoms with Gasteiger partial charge in [-0.3, -0.25) is 14.6 Å². The molecule has 2 amide bonds. The van der Waals surface area contributed by atoms with E-state index in [1.54, 1.807) is 44.3 Å². The molecule has 1 saturated carbocycles. The zero-order valence-corrected chi connectivity index (χ0v) is 35.5. The quantitative estimate of drug-likeness (QED) is 0.132. The number of carboxylic acid groups (broad SMARTS) is 1. The first-order valence-corrected chi connectivity index (χ1v) is 21.2. The van der Waals surface area contributed by atoms with Crippen molar-refractivity contribution in [2.45, 2.75) is 97.1 Å². The van der Waals surface area contributed by atoms with E-state index in [0.29, 0.717) is 48.0 Å². The summed E-state index contributed by atoms with van der Waals surface area (Å²) in [6, 6.07) is 18.0. The van der Waals surface area contributed by atoms with Crippen LogP contribution in [0.1, 0.15) is 87.4 Å². The molecule has 63 heavy (non-hydrogen) atoms. The highest BCUT2D eigenvalue weighted by Crippen LogP contribution is 2.42. The predicted octanol–water partition coefficient (Wildman–Crippen LogP) is 8.61. The van der Waals surface area contributed by atoms with Gasteiger partial charge in [0, 0.05) is 38.2 Å². The minimum atomic E-state index is -4.14. The molecule has 1 fully saturated rings. The van der Waals surface area contributed by atoms with Crippen LogP contribution in [0.25, 0.3) is 11.1 Å². The van der Waals surface area contributed by atoms with E-state index < -0.39 is 48.1 Å². The fourth-order valence-electron chi connectivity index (χ4n) is 8.75. The second kappa shape index (κ2) is 17.8. The minimum Gasteiger partial charge on any atom is -0.493 e. The van der Waals surface area contributed by atoms with Gasteiger partial charge in [-0.2, -0.15) is 13.2 Å². The molecule has 0 spiro atoms. The molecule has 1 unspecified atom stereocenters. The van der Waals surface area contributed by atoms with Gasteiger partial charge < -0.3 is 34.0 Å². The number of alkyl halides is 3. The van der Waals surface area contributed by atoms with Crippen molar-refractivity contribution in [3.63, 3.8) is 0 Å². The normalized spacial score (nSPS) is 20.1. The Morgan fingerprint density at radius 2 is 1.65 bits per heavy atom. The summed E-state index contributed by atoms with van der Waals surface area (Å²) in [5, 5.41) is 13.0. The third-order valence-corrected chi connectivity index (χ3v) is 12.5. The van der Waals surface area contributed by atoms with E-state index in [1.165, 1.54) is 4.90 Å². The molecule has 3 aromatic carbocycles. The molecular weight excluding hydrogens is 818 g/mol. The summed E-state index contributed by atoms with van der Waals surface area (Å²) >= 11 is 0. The van der Waals surface area contributed by atoms with E-state index in [4.69, 9.17) is 18.6 Å². The van der Waals surface area contributed by atoms with Crippen LogP contribution in [0.15, 0.2) is 77.3 Å². The smallest absolute Gasteiger partial charge is 0.391 e. The second-order valence-corrected chi connectivity index (χ2v) is 16.8. The van der Waals surface area contributed by atoms with Crippen LogP contribution in [0.5, 0.6) is 17.2 Å². The Morgan fingerprint density at radius 1 is 0.937 bits per heavy atom. The molecule has 2 aromatic heterocycles. The molecule has 4 heterocycles. The largest absolute Gasteiger partial charge is 0.493 e. The summed E-state index contributed by atoms with van der Waals surface area (Å²) in [6.45, 7) is 7.73. The molecule has 15 heteroatoms. The first-order chi connectivity index (χ1) is 30.1. The van der Waals surface area contributed by atoms with Crippen LogP contribution >= 0.6 is 0 Å². The van der Waals surface area contributed by atoms with Crippen molar-refractivity contribution in [1.29, 1.82) is 0 Å². The lowest BCUT2D eigenvalue weighted by Crippen LogP contribution is -2.56. The Hall–Kier alpha value is -6.38. The number of rotatable bonds is 11. The second-order valence-electron chi connectivity index (χ2n) is 16.8. The topological polar surface area (TPSA) is 153 Å². The molecule has 5 aromatic rings. The molecule has 8 rings (SSSR count). The van der Waals surface area contributed by atoms with E-state index in [0.717, 1.165) is 39.1 Å². The van der Waals surface area contributed by atoms with Crippen molar-refractivity contribution >= 4 is 17.8 Å². The number of carbonyl (C=O) groups excluding carboxylic acids is 2. The number of pyridine rings is 1. The monoisotopic (exact) mass is 866 g/mol. The molecule has 2 aliphatic heterocycles. The maximum atomic E-state index is 14.2. The Labute approximate surface area is 362 Å². The van der Waals surface area contributed by atoms with E-state index in [1.807, 2.05) is 56.3 Å². The number of carboxylic acids is 1. The van der Waals surface area contributed by atoms with Crippen molar-refractivity contribution in [3.8, 4) is 28.4 Å². The SMILES string of the molecule is Cc1nc(C(=O)N2Cc3cc4c(cc3C[C@H]2C(=O)NC(Cc2ccc(-c3ccnc(C)c3C)cc2)C(=O)O)OC[C@H](c2ccc(OCC3CCC(C(F)(F)F)CC3)cc2)O4)c(C)o1. The number of fused-ring (bicyclic) bond motifs is 2. The van der Waals surface area contributed by atoms with Crippen LogP contribution in [0.4, 0.5) is 13.2 Å². The number of nitrogens with zero attached hydrogens (tertiary/aromatic N) is 3. The average molecular weight is 867 g/mol. The van der Waals surface area contributed by atoms with Crippen LogP contribution in [0.3, 0.4) is 0 Å². The number of hydrogen-bond acceptors (Lipinski definition) is 9. The van der Waals surface area contributed by atoms with Crippen LogP contribution in [-0.4, -0.2) is 69.2 Å². The number of ether oxygens (including phenoxy) is 3. The molecule has 1 aliphatic carbocycles. The summed E-state index contributed by atoms with van der Waals surface area (Å²) in [5.41, 5.74) is 7.00. The maximum Gasteiger partial charge on any atom is 0.391 e. The van der Waals surface area contributed by atoms with E-state index >= 15 is 0 Å². The minimum absolute atomic E-state index is 0.00407. The standard InChI is InChI=1S/C48H49F3N4O8/c1-26-27(2)52-18-17-38(26)32-9-5-30(6-10-32)19-39(47(58)59)54-45(56)40-20-34-21-41-42(22-35(34)23-55(40)46(57)44-28(3)62-29(4)53-44)63-43(25-61-41)33-11-15-37(16-12-33)60-24-31-7-13-36(14-8-31)48(49,50)51/h5-6,9-12,15-18,21-22,31,36,39-40,43H,7-8,13-14,19-20,23-25H2,1-4H3,(H,54,56)(H,58,59)/t31?,36?,39?,40-,43+/m0/s1. The lowest BCUT2D eigenvalue weighted by Gasteiger charge is -2.37. The fourth-order valence-corrected chi connectivity index (χ4v) is 8.75. The van der Waals surface area contributed by atoms with Crippen LogP contribution < -0.4 is 19.5 Å². The van der Waals surface area contributed by atoms with Crippen molar-refractivity contribution < 1.29 is 51.3 Å². The Balaban J connectivity index is 0.961. The van der Waals surface area contributed by atoms with Gasteiger partial charge in [-0.05, 0) is 122 Å². The number of aliphatic carboxylic acids is 1. The van der Waals surface area contributed by atoms with Gasteiger partial charge in [0.1, 0.15) is 30.2 Å².